The second-order valence-corrected chi connectivity index (χ2v) is 4.10. The van der Waals surface area contributed by atoms with Gasteiger partial charge < -0.3 is 4.74 Å². The van der Waals surface area contributed by atoms with Crippen LogP contribution in [0.3, 0.4) is 0 Å². The van der Waals surface area contributed by atoms with Crippen molar-refractivity contribution in [2.24, 2.45) is 0 Å². The summed E-state index contributed by atoms with van der Waals surface area (Å²) in [6.07, 6.45) is 1.00. The number of alkyl halides is 3. The first kappa shape index (κ1) is 14.0. The van der Waals surface area contributed by atoms with E-state index in [9.17, 15) is 13.2 Å². The molecule has 2 aromatic rings. The van der Waals surface area contributed by atoms with Gasteiger partial charge >= 0.3 is 6.18 Å². The largest absolute Gasteiger partial charge is 0.496 e. The fourth-order valence-electron chi connectivity index (χ4n) is 1.93. The van der Waals surface area contributed by atoms with Gasteiger partial charge in [-0.2, -0.15) is 13.2 Å². The van der Waals surface area contributed by atoms with Gasteiger partial charge in [0.25, 0.3) is 0 Å². The number of terminal acetylenes is 1. The first-order valence-corrected chi connectivity index (χ1v) is 5.78. The molecule has 102 valence electrons. The predicted octanol–water partition coefficient (Wildman–Crippen LogP) is 4.36. The lowest BCUT2D eigenvalue weighted by atomic mass is 9.98. The lowest BCUT2D eigenvalue weighted by Crippen LogP contribution is -2.05. The summed E-state index contributed by atoms with van der Waals surface area (Å²) in [6, 6.07) is 10.4. The Balaban J connectivity index is 2.61. The zero-order chi connectivity index (χ0) is 14.8. The molecule has 20 heavy (non-hydrogen) atoms. The maximum Gasteiger partial charge on any atom is 0.416 e. The van der Waals surface area contributed by atoms with Crippen molar-refractivity contribution in [2.75, 3.05) is 7.11 Å². The van der Waals surface area contributed by atoms with Gasteiger partial charge in [0.2, 0.25) is 0 Å². The fraction of sp³-hybridized carbons (Fsp3) is 0.125. The van der Waals surface area contributed by atoms with Gasteiger partial charge in [0, 0.05) is 16.7 Å². The number of methoxy groups -OCH3 is 1. The van der Waals surface area contributed by atoms with Crippen molar-refractivity contribution >= 4 is 0 Å². The first-order valence-electron chi connectivity index (χ1n) is 5.78. The van der Waals surface area contributed by atoms with Crippen LogP contribution in [0.4, 0.5) is 13.2 Å². The summed E-state index contributed by atoms with van der Waals surface area (Å²) in [5.41, 5.74) is 1.05. The number of benzene rings is 2. The van der Waals surface area contributed by atoms with Gasteiger partial charge in [0.15, 0.2) is 0 Å². The molecule has 0 radical (unpaired) electrons. The molecular weight excluding hydrogens is 265 g/mol. The first-order chi connectivity index (χ1) is 9.47. The van der Waals surface area contributed by atoms with E-state index in [1.54, 1.807) is 24.3 Å². The summed E-state index contributed by atoms with van der Waals surface area (Å²) in [7, 11) is 1.33. The van der Waals surface area contributed by atoms with Crippen LogP contribution < -0.4 is 4.74 Å². The molecule has 0 aliphatic carbocycles. The molecular formula is C16H11F3O. The van der Waals surface area contributed by atoms with Crippen molar-refractivity contribution in [1.82, 2.24) is 0 Å². The topological polar surface area (TPSA) is 9.23 Å². The van der Waals surface area contributed by atoms with Crippen molar-refractivity contribution in [3.05, 3.63) is 53.6 Å². The highest BCUT2D eigenvalue weighted by atomic mass is 19.4. The monoisotopic (exact) mass is 276 g/mol. The minimum Gasteiger partial charge on any atom is -0.496 e. The molecule has 0 unspecified atom stereocenters. The average Bonchev–Trinajstić information content (AvgIpc) is 2.45. The van der Waals surface area contributed by atoms with Crippen LogP contribution in [0.2, 0.25) is 0 Å². The Labute approximate surface area is 115 Å². The molecule has 0 aromatic heterocycles. The van der Waals surface area contributed by atoms with Crippen LogP contribution in [-0.4, -0.2) is 7.11 Å². The molecule has 0 N–H and O–H groups in total. The SMILES string of the molecule is C#Cc1ccccc1-c1ccc(C(F)(F)F)cc1OC. The van der Waals surface area contributed by atoms with Gasteiger partial charge in [-0.1, -0.05) is 30.2 Å². The highest BCUT2D eigenvalue weighted by Gasteiger charge is 2.31. The number of rotatable bonds is 2. The second-order valence-electron chi connectivity index (χ2n) is 4.10. The fourth-order valence-corrected chi connectivity index (χ4v) is 1.93. The maximum absolute atomic E-state index is 12.7. The quantitative estimate of drug-likeness (QED) is 0.740. The molecule has 1 nitrogen and oxygen atoms in total. The molecule has 0 amide bonds. The van der Waals surface area contributed by atoms with Crippen molar-refractivity contribution in [1.29, 1.82) is 0 Å². The average molecular weight is 276 g/mol. The van der Waals surface area contributed by atoms with E-state index in [4.69, 9.17) is 11.2 Å². The summed E-state index contributed by atoms with van der Waals surface area (Å²) in [6.45, 7) is 0. The standard InChI is InChI=1S/C16H11F3O/c1-3-11-6-4-5-7-13(11)14-9-8-12(16(17,18)19)10-15(14)20-2/h1,4-10H,2H3. The summed E-state index contributed by atoms with van der Waals surface area (Å²) in [5.74, 6) is 2.65. The van der Waals surface area contributed by atoms with Crippen LogP contribution in [0.25, 0.3) is 11.1 Å². The number of hydrogen-bond donors (Lipinski definition) is 0. The van der Waals surface area contributed by atoms with Crippen LogP contribution in [0, 0.1) is 12.3 Å². The molecule has 0 bridgehead atoms. The van der Waals surface area contributed by atoms with E-state index in [2.05, 4.69) is 5.92 Å². The Kier molecular flexibility index (Phi) is 3.71. The lowest BCUT2D eigenvalue weighted by Gasteiger charge is -2.13. The minimum absolute atomic E-state index is 0.141. The molecule has 0 aliphatic heterocycles. The molecule has 0 atom stereocenters. The van der Waals surface area contributed by atoms with Crippen LogP contribution in [0.1, 0.15) is 11.1 Å². The predicted molar refractivity (Wildman–Crippen MR) is 71.4 cm³/mol. The van der Waals surface area contributed by atoms with Gasteiger partial charge in [-0.15, -0.1) is 6.42 Å². The highest BCUT2D eigenvalue weighted by Crippen LogP contribution is 2.37. The summed E-state index contributed by atoms with van der Waals surface area (Å²) < 4.78 is 43.2. The molecule has 0 saturated heterocycles. The third kappa shape index (κ3) is 2.62. The molecule has 0 heterocycles. The molecule has 2 rings (SSSR count). The van der Waals surface area contributed by atoms with E-state index in [0.29, 0.717) is 16.7 Å². The van der Waals surface area contributed by atoms with E-state index in [1.807, 2.05) is 0 Å². The Bertz CT molecular complexity index is 666. The Morgan fingerprint density at radius 1 is 1.05 bits per heavy atom. The van der Waals surface area contributed by atoms with Gasteiger partial charge in [-0.05, 0) is 18.2 Å². The summed E-state index contributed by atoms with van der Waals surface area (Å²) in [4.78, 5) is 0. The molecule has 4 heteroatoms. The van der Waals surface area contributed by atoms with Crippen LogP contribution in [0.15, 0.2) is 42.5 Å². The Hall–Kier alpha value is -2.41. The van der Waals surface area contributed by atoms with E-state index >= 15 is 0 Å². The number of ether oxygens (including phenoxy) is 1. The van der Waals surface area contributed by atoms with Crippen molar-refractivity contribution < 1.29 is 17.9 Å². The zero-order valence-electron chi connectivity index (χ0n) is 10.7. The molecule has 2 aromatic carbocycles. The summed E-state index contributed by atoms with van der Waals surface area (Å²) >= 11 is 0. The normalized spacial score (nSPS) is 10.9. The molecule has 0 saturated carbocycles. The van der Waals surface area contributed by atoms with Gasteiger partial charge in [-0.3, -0.25) is 0 Å². The Morgan fingerprint density at radius 3 is 2.35 bits per heavy atom. The van der Waals surface area contributed by atoms with Gasteiger partial charge in [0.05, 0.1) is 12.7 Å². The smallest absolute Gasteiger partial charge is 0.416 e. The van der Waals surface area contributed by atoms with Crippen LogP contribution >= 0.6 is 0 Å². The third-order valence-electron chi connectivity index (χ3n) is 2.90. The number of halogens is 3. The van der Waals surface area contributed by atoms with E-state index in [0.717, 1.165) is 12.1 Å². The summed E-state index contributed by atoms with van der Waals surface area (Å²) in [5, 5.41) is 0. The van der Waals surface area contributed by atoms with Crippen LogP contribution in [0.5, 0.6) is 5.75 Å². The van der Waals surface area contributed by atoms with Crippen molar-refractivity contribution in [3.63, 3.8) is 0 Å². The minimum atomic E-state index is -4.41. The van der Waals surface area contributed by atoms with Gasteiger partial charge in [0.1, 0.15) is 5.75 Å². The van der Waals surface area contributed by atoms with Crippen molar-refractivity contribution in [2.45, 2.75) is 6.18 Å². The molecule has 0 aliphatic rings. The second kappa shape index (κ2) is 5.30. The third-order valence-corrected chi connectivity index (χ3v) is 2.90. The molecule has 0 spiro atoms. The van der Waals surface area contributed by atoms with E-state index in [-0.39, 0.29) is 5.75 Å². The lowest BCUT2D eigenvalue weighted by molar-refractivity contribution is -0.137. The number of hydrogen-bond acceptors (Lipinski definition) is 1. The Morgan fingerprint density at radius 2 is 1.75 bits per heavy atom. The molecule has 0 fully saturated rings. The maximum atomic E-state index is 12.7. The van der Waals surface area contributed by atoms with Crippen molar-refractivity contribution in [3.8, 4) is 29.2 Å². The van der Waals surface area contributed by atoms with E-state index < -0.39 is 11.7 Å². The van der Waals surface area contributed by atoms with Crippen LogP contribution in [-0.2, 0) is 6.18 Å². The van der Waals surface area contributed by atoms with Gasteiger partial charge in [-0.25, -0.2) is 0 Å². The zero-order valence-corrected chi connectivity index (χ0v) is 10.7. The van der Waals surface area contributed by atoms with E-state index in [1.165, 1.54) is 13.2 Å². The highest BCUT2D eigenvalue weighted by molar-refractivity contribution is 5.76.